The number of nitrogens with one attached hydrogen (secondary N) is 2. The van der Waals surface area contributed by atoms with Crippen LogP contribution >= 0.6 is 0 Å². The largest absolute Gasteiger partial charge is 0.450 e. The molecule has 1 aliphatic heterocycles. The van der Waals surface area contributed by atoms with Gasteiger partial charge in [0.05, 0.1) is 30.4 Å². The quantitative estimate of drug-likeness (QED) is 0.365. The molecule has 3 N–H and O–H groups in total. The summed E-state index contributed by atoms with van der Waals surface area (Å²) in [5.74, 6) is -1.33. The summed E-state index contributed by atoms with van der Waals surface area (Å²) in [6, 6.07) is 3.75. The fourth-order valence-corrected chi connectivity index (χ4v) is 2.21. The second kappa shape index (κ2) is 8.07. The van der Waals surface area contributed by atoms with E-state index < -0.39 is 35.1 Å². The van der Waals surface area contributed by atoms with Gasteiger partial charge in [0.15, 0.2) is 0 Å². The van der Waals surface area contributed by atoms with Crippen LogP contribution in [0.5, 0.6) is 0 Å². The van der Waals surface area contributed by atoms with Gasteiger partial charge in [-0.1, -0.05) is 0 Å². The summed E-state index contributed by atoms with van der Waals surface area (Å²) >= 11 is 0. The lowest BCUT2D eigenvalue weighted by molar-refractivity contribution is -0.383. The van der Waals surface area contributed by atoms with Crippen LogP contribution in [0.3, 0.4) is 0 Å². The molecule has 0 radical (unpaired) electrons. The van der Waals surface area contributed by atoms with Gasteiger partial charge in [-0.3, -0.25) is 29.9 Å². The van der Waals surface area contributed by atoms with Crippen LogP contribution < -0.4 is 10.6 Å². The lowest BCUT2D eigenvalue weighted by atomic mass is 10.2. The van der Waals surface area contributed by atoms with Crippen molar-refractivity contribution in [1.29, 1.82) is 0 Å². The molecule has 0 atom stereocenters. The van der Waals surface area contributed by atoms with E-state index in [2.05, 4.69) is 10.6 Å². The van der Waals surface area contributed by atoms with Crippen LogP contribution in [0.1, 0.15) is 6.92 Å². The fourth-order valence-electron chi connectivity index (χ4n) is 2.21. The zero-order valence-electron chi connectivity index (χ0n) is 13.7. The molecule has 1 aliphatic rings. The topological polar surface area (TPSA) is 151 Å². The van der Waals surface area contributed by atoms with Crippen molar-refractivity contribution in [2.24, 2.45) is 0 Å². The van der Waals surface area contributed by atoms with Crippen molar-refractivity contribution in [3.63, 3.8) is 0 Å². The Morgan fingerprint density at radius 1 is 1.38 bits per heavy atom. The zero-order valence-corrected chi connectivity index (χ0v) is 13.7. The van der Waals surface area contributed by atoms with E-state index in [-0.39, 0.29) is 30.2 Å². The molecular formula is C15H16N4O7. The molecule has 138 valence electrons. The molecule has 0 fully saturated rings. The standard InChI is InChI=1S/C15H16N4O7/c1-2-26-15(23)16-9-3-4-10(12(7-9)19(24)25)17-11-8-13(21)18(5-6-20)14(11)22/h3-4,7-8,17,20H,2,5-6H2,1H3,(H,16,23). The first kappa shape index (κ1) is 18.9. The molecule has 0 saturated carbocycles. The Bertz CT molecular complexity index is 790. The number of nitro groups is 1. The van der Waals surface area contributed by atoms with E-state index in [1.54, 1.807) is 6.92 Å². The van der Waals surface area contributed by atoms with Crippen LogP contribution in [-0.4, -0.2) is 52.6 Å². The van der Waals surface area contributed by atoms with Crippen molar-refractivity contribution in [2.75, 3.05) is 30.4 Å². The van der Waals surface area contributed by atoms with Crippen molar-refractivity contribution in [1.82, 2.24) is 4.90 Å². The Labute approximate surface area is 147 Å². The Kier molecular flexibility index (Phi) is 5.86. The normalized spacial score (nSPS) is 13.5. The Morgan fingerprint density at radius 3 is 2.73 bits per heavy atom. The predicted octanol–water partition coefficient (Wildman–Crippen LogP) is 0.820. The number of carbonyl (C=O) groups is 3. The fraction of sp³-hybridized carbons (Fsp3) is 0.267. The van der Waals surface area contributed by atoms with Crippen LogP contribution in [0, 0.1) is 10.1 Å². The van der Waals surface area contributed by atoms with Gasteiger partial charge in [-0.25, -0.2) is 4.79 Å². The minimum absolute atomic E-state index is 0.0392. The van der Waals surface area contributed by atoms with Gasteiger partial charge in [0.1, 0.15) is 11.4 Å². The summed E-state index contributed by atoms with van der Waals surface area (Å²) in [7, 11) is 0. The number of amides is 3. The highest BCUT2D eigenvalue weighted by molar-refractivity contribution is 6.17. The summed E-state index contributed by atoms with van der Waals surface area (Å²) in [6.45, 7) is 1.18. The number of hydrogen-bond donors (Lipinski definition) is 3. The number of ether oxygens (including phenoxy) is 1. The molecule has 26 heavy (non-hydrogen) atoms. The highest BCUT2D eigenvalue weighted by Gasteiger charge is 2.31. The van der Waals surface area contributed by atoms with E-state index in [0.29, 0.717) is 0 Å². The Hall–Kier alpha value is -3.47. The molecule has 0 aliphatic carbocycles. The van der Waals surface area contributed by atoms with Crippen molar-refractivity contribution in [2.45, 2.75) is 6.92 Å². The smallest absolute Gasteiger partial charge is 0.411 e. The SMILES string of the molecule is CCOC(=O)Nc1ccc(NC2=CC(=O)N(CCO)C2=O)c([N+](=O)[O-])c1. The number of aliphatic hydroxyl groups is 1. The molecular weight excluding hydrogens is 348 g/mol. The molecule has 0 saturated heterocycles. The van der Waals surface area contributed by atoms with Crippen molar-refractivity contribution < 1.29 is 29.2 Å². The average Bonchev–Trinajstić information content (AvgIpc) is 2.84. The summed E-state index contributed by atoms with van der Waals surface area (Å²) in [5.41, 5.74) is -0.480. The van der Waals surface area contributed by atoms with Crippen LogP contribution in [0.4, 0.5) is 21.9 Å². The third kappa shape index (κ3) is 4.13. The lowest BCUT2D eigenvalue weighted by Crippen LogP contribution is -2.34. The number of nitro benzene ring substituents is 1. The van der Waals surface area contributed by atoms with Crippen LogP contribution in [-0.2, 0) is 14.3 Å². The summed E-state index contributed by atoms with van der Waals surface area (Å²) in [6.07, 6.45) is 0.230. The second-order valence-corrected chi connectivity index (χ2v) is 5.04. The lowest BCUT2D eigenvalue weighted by Gasteiger charge is -2.13. The number of rotatable bonds is 7. The molecule has 1 aromatic carbocycles. The highest BCUT2D eigenvalue weighted by Crippen LogP contribution is 2.30. The number of benzene rings is 1. The first-order valence-corrected chi connectivity index (χ1v) is 7.55. The second-order valence-electron chi connectivity index (χ2n) is 5.04. The molecule has 11 heteroatoms. The molecule has 0 unspecified atom stereocenters. The van der Waals surface area contributed by atoms with E-state index in [9.17, 15) is 24.5 Å². The number of β-amino-alcohol motifs (C(OH)–C–C–N with tert-alkyl or cyclic N) is 1. The van der Waals surface area contributed by atoms with E-state index in [1.807, 2.05) is 0 Å². The van der Waals surface area contributed by atoms with Crippen molar-refractivity contribution >= 4 is 35.0 Å². The first-order chi connectivity index (χ1) is 12.4. The van der Waals surface area contributed by atoms with Crippen LogP contribution in [0.25, 0.3) is 0 Å². The van der Waals surface area contributed by atoms with Gasteiger partial charge in [0.25, 0.3) is 17.5 Å². The van der Waals surface area contributed by atoms with Crippen molar-refractivity contribution in [3.05, 3.63) is 40.1 Å². The highest BCUT2D eigenvalue weighted by atomic mass is 16.6. The van der Waals surface area contributed by atoms with Crippen LogP contribution in [0.2, 0.25) is 0 Å². The molecule has 3 amide bonds. The number of aliphatic hydroxyl groups excluding tert-OH is 1. The average molecular weight is 364 g/mol. The molecule has 11 nitrogen and oxygen atoms in total. The van der Waals surface area contributed by atoms with Crippen LogP contribution in [0.15, 0.2) is 30.0 Å². The third-order valence-corrected chi connectivity index (χ3v) is 3.32. The van der Waals surface area contributed by atoms with Gasteiger partial charge in [0.2, 0.25) is 0 Å². The number of anilines is 2. The molecule has 0 bridgehead atoms. The molecule has 2 rings (SSSR count). The monoisotopic (exact) mass is 364 g/mol. The van der Waals surface area contributed by atoms with Gasteiger partial charge in [0, 0.05) is 12.1 Å². The first-order valence-electron chi connectivity index (χ1n) is 7.55. The van der Waals surface area contributed by atoms with Gasteiger partial charge in [-0.15, -0.1) is 0 Å². The van der Waals surface area contributed by atoms with Gasteiger partial charge in [-0.2, -0.15) is 0 Å². The maximum absolute atomic E-state index is 12.1. The van der Waals surface area contributed by atoms with Gasteiger partial charge < -0.3 is 15.2 Å². The predicted molar refractivity (Wildman–Crippen MR) is 89.3 cm³/mol. The molecule has 0 aromatic heterocycles. The minimum Gasteiger partial charge on any atom is -0.450 e. The zero-order chi connectivity index (χ0) is 19.3. The van der Waals surface area contributed by atoms with Gasteiger partial charge in [-0.05, 0) is 19.1 Å². The van der Waals surface area contributed by atoms with E-state index in [0.717, 1.165) is 17.0 Å². The van der Waals surface area contributed by atoms with E-state index >= 15 is 0 Å². The summed E-state index contributed by atoms with van der Waals surface area (Å²) in [4.78, 5) is 46.6. The minimum atomic E-state index is -0.763. The van der Waals surface area contributed by atoms with E-state index in [4.69, 9.17) is 9.84 Å². The van der Waals surface area contributed by atoms with Gasteiger partial charge >= 0.3 is 6.09 Å². The Balaban J connectivity index is 2.23. The number of nitrogens with zero attached hydrogens (tertiary/aromatic N) is 2. The number of hydrogen-bond acceptors (Lipinski definition) is 8. The number of imide groups is 1. The number of carbonyl (C=O) groups excluding carboxylic acids is 3. The maximum Gasteiger partial charge on any atom is 0.411 e. The molecule has 1 aromatic rings. The van der Waals surface area contributed by atoms with E-state index in [1.165, 1.54) is 12.1 Å². The summed E-state index contributed by atoms with van der Waals surface area (Å²) < 4.78 is 4.69. The molecule has 1 heterocycles. The third-order valence-electron chi connectivity index (χ3n) is 3.32. The van der Waals surface area contributed by atoms with Crippen molar-refractivity contribution in [3.8, 4) is 0 Å². The Morgan fingerprint density at radius 2 is 2.12 bits per heavy atom. The molecule has 0 spiro atoms. The maximum atomic E-state index is 12.1. The summed E-state index contributed by atoms with van der Waals surface area (Å²) in [5, 5.41) is 25.0.